The number of rotatable bonds is 6. The van der Waals surface area contributed by atoms with Crippen LogP contribution in [-0.4, -0.2) is 37.9 Å². The fourth-order valence-electron chi connectivity index (χ4n) is 2.52. The highest BCUT2D eigenvalue weighted by Gasteiger charge is 2.31. The Kier molecular flexibility index (Phi) is 5.52. The van der Waals surface area contributed by atoms with E-state index in [9.17, 15) is 17.6 Å². The van der Waals surface area contributed by atoms with Gasteiger partial charge in [-0.15, -0.1) is 0 Å². The fourth-order valence-corrected chi connectivity index (χ4v) is 4.29. The zero-order valence-corrected chi connectivity index (χ0v) is 13.3. The first-order chi connectivity index (χ1) is 10.4. The highest BCUT2D eigenvalue weighted by atomic mass is 32.2. The first-order valence-corrected chi connectivity index (χ1v) is 9.09. The van der Waals surface area contributed by atoms with Gasteiger partial charge in [-0.2, -0.15) is 0 Å². The lowest BCUT2D eigenvalue weighted by atomic mass is 10.2. The van der Waals surface area contributed by atoms with Gasteiger partial charge < -0.3 is 10.6 Å². The molecule has 1 fully saturated rings. The summed E-state index contributed by atoms with van der Waals surface area (Å²) in [5.41, 5.74) is 0.539. The molecule has 2 atom stereocenters. The number of anilines is 1. The summed E-state index contributed by atoms with van der Waals surface area (Å²) in [7, 11) is -2.96. The van der Waals surface area contributed by atoms with Crippen molar-refractivity contribution >= 4 is 21.4 Å². The lowest BCUT2D eigenvalue weighted by Crippen LogP contribution is -2.37. The van der Waals surface area contributed by atoms with Crippen LogP contribution in [0.3, 0.4) is 0 Å². The van der Waals surface area contributed by atoms with Crippen LogP contribution in [0.1, 0.15) is 26.2 Å². The zero-order valence-electron chi connectivity index (χ0n) is 12.5. The topological polar surface area (TPSA) is 75.3 Å². The first-order valence-electron chi connectivity index (χ1n) is 7.37. The van der Waals surface area contributed by atoms with Crippen LogP contribution in [0.2, 0.25) is 0 Å². The molecule has 1 saturated heterocycles. The molecule has 0 aliphatic carbocycles. The summed E-state index contributed by atoms with van der Waals surface area (Å²) in [6.45, 7) is 2.22. The predicted octanol–water partition coefficient (Wildman–Crippen LogP) is 1.71. The Morgan fingerprint density at radius 1 is 1.36 bits per heavy atom. The number of hydrogen-bond donors (Lipinski definition) is 2. The van der Waals surface area contributed by atoms with Crippen molar-refractivity contribution in [2.45, 2.75) is 37.5 Å². The normalized spacial score (nSPS) is 21.5. The van der Waals surface area contributed by atoms with Gasteiger partial charge in [0.25, 0.3) is 0 Å². The Balaban J connectivity index is 1.75. The molecule has 1 heterocycles. The molecule has 0 saturated carbocycles. The molecule has 0 spiro atoms. The van der Waals surface area contributed by atoms with E-state index in [0.29, 0.717) is 25.1 Å². The third kappa shape index (κ3) is 4.78. The molecule has 0 unspecified atom stereocenters. The van der Waals surface area contributed by atoms with Crippen molar-refractivity contribution in [1.29, 1.82) is 0 Å². The monoisotopic (exact) mass is 328 g/mol. The number of halogens is 1. The lowest BCUT2D eigenvalue weighted by molar-refractivity contribution is -0.116. The molecule has 5 nitrogen and oxygen atoms in total. The molecule has 1 aromatic carbocycles. The summed E-state index contributed by atoms with van der Waals surface area (Å²) < 4.78 is 36.2. The maximum absolute atomic E-state index is 12.8. The third-order valence-corrected chi connectivity index (χ3v) is 6.05. The van der Waals surface area contributed by atoms with Crippen LogP contribution in [0.4, 0.5) is 10.1 Å². The van der Waals surface area contributed by atoms with Crippen molar-refractivity contribution < 1.29 is 17.6 Å². The number of hydrogen-bond acceptors (Lipinski definition) is 4. The number of carbonyl (C=O) groups excluding carboxylic acids is 1. The Bertz CT molecular complexity index is 616. The Morgan fingerprint density at radius 2 is 2.05 bits per heavy atom. The van der Waals surface area contributed by atoms with Gasteiger partial charge >= 0.3 is 0 Å². The molecule has 122 valence electrons. The van der Waals surface area contributed by atoms with Gasteiger partial charge in [0.05, 0.1) is 11.0 Å². The number of nitrogens with one attached hydrogen (secondary N) is 2. The van der Waals surface area contributed by atoms with E-state index in [2.05, 4.69) is 10.6 Å². The average Bonchev–Trinajstić information content (AvgIpc) is 2.78. The summed E-state index contributed by atoms with van der Waals surface area (Å²) >= 11 is 0. The molecule has 0 aromatic heterocycles. The number of benzene rings is 1. The van der Waals surface area contributed by atoms with Crippen molar-refractivity contribution in [2.75, 3.05) is 17.6 Å². The Labute approximate surface area is 130 Å². The van der Waals surface area contributed by atoms with Crippen LogP contribution < -0.4 is 10.6 Å². The second-order valence-electron chi connectivity index (χ2n) is 5.70. The van der Waals surface area contributed by atoms with Crippen molar-refractivity contribution in [2.24, 2.45) is 0 Å². The molecule has 2 rings (SSSR count). The molecule has 1 aliphatic heterocycles. The van der Waals surface area contributed by atoms with Gasteiger partial charge in [0, 0.05) is 24.7 Å². The molecular weight excluding hydrogens is 307 g/mol. The second kappa shape index (κ2) is 7.19. The van der Waals surface area contributed by atoms with Crippen LogP contribution in [0.25, 0.3) is 0 Å². The molecule has 1 amide bonds. The predicted molar refractivity (Wildman–Crippen MR) is 83.9 cm³/mol. The van der Waals surface area contributed by atoms with Crippen LogP contribution in [0.15, 0.2) is 24.3 Å². The van der Waals surface area contributed by atoms with Crippen molar-refractivity contribution in [3.05, 3.63) is 30.1 Å². The fraction of sp³-hybridized carbons (Fsp3) is 0.533. The summed E-state index contributed by atoms with van der Waals surface area (Å²) in [4.78, 5) is 11.9. The van der Waals surface area contributed by atoms with Gasteiger partial charge in [0.2, 0.25) is 5.91 Å². The van der Waals surface area contributed by atoms with Gasteiger partial charge in [-0.05, 0) is 44.0 Å². The van der Waals surface area contributed by atoms with E-state index in [1.807, 2.05) is 6.92 Å². The molecule has 7 heteroatoms. The molecule has 0 radical (unpaired) electrons. The van der Waals surface area contributed by atoms with Gasteiger partial charge in [0.15, 0.2) is 9.84 Å². The lowest BCUT2D eigenvalue weighted by Gasteiger charge is -2.16. The van der Waals surface area contributed by atoms with Crippen molar-refractivity contribution in [3.8, 4) is 0 Å². The minimum Gasteiger partial charge on any atom is -0.326 e. The van der Waals surface area contributed by atoms with Gasteiger partial charge in [-0.3, -0.25) is 4.79 Å². The van der Waals surface area contributed by atoms with Crippen LogP contribution in [0, 0.1) is 5.82 Å². The van der Waals surface area contributed by atoms with E-state index in [0.717, 1.165) is 0 Å². The van der Waals surface area contributed by atoms with E-state index in [1.54, 1.807) is 0 Å². The maximum Gasteiger partial charge on any atom is 0.225 e. The quantitative estimate of drug-likeness (QED) is 0.833. The van der Waals surface area contributed by atoms with Gasteiger partial charge in [-0.25, -0.2) is 12.8 Å². The highest BCUT2D eigenvalue weighted by molar-refractivity contribution is 7.92. The molecule has 1 aromatic rings. The summed E-state index contributed by atoms with van der Waals surface area (Å²) in [6.07, 6.45) is 1.63. The number of amides is 1. The first kappa shape index (κ1) is 16.9. The highest BCUT2D eigenvalue weighted by Crippen LogP contribution is 2.19. The molecule has 22 heavy (non-hydrogen) atoms. The van der Waals surface area contributed by atoms with E-state index >= 15 is 0 Å². The van der Waals surface area contributed by atoms with E-state index in [4.69, 9.17) is 0 Å². The Hall–Kier alpha value is -1.47. The number of carbonyl (C=O) groups is 1. The van der Waals surface area contributed by atoms with Gasteiger partial charge in [-0.1, -0.05) is 0 Å². The van der Waals surface area contributed by atoms with E-state index in [-0.39, 0.29) is 35.2 Å². The van der Waals surface area contributed by atoms with Crippen LogP contribution in [0.5, 0.6) is 0 Å². The third-order valence-electron chi connectivity index (χ3n) is 3.78. The van der Waals surface area contributed by atoms with Crippen molar-refractivity contribution in [3.63, 3.8) is 0 Å². The molecule has 0 bridgehead atoms. The summed E-state index contributed by atoms with van der Waals surface area (Å²) in [5.74, 6) is -0.287. The maximum atomic E-state index is 12.8. The van der Waals surface area contributed by atoms with E-state index < -0.39 is 9.84 Å². The van der Waals surface area contributed by atoms with Crippen molar-refractivity contribution in [1.82, 2.24) is 5.32 Å². The minimum absolute atomic E-state index is 0.128. The average molecular weight is 328 g/mol. The minimum atomic E-state index is -2.96. The summed E-state index contributed by atoms with van der Waals surface area (Å²) in [6, 6.07) is 5.42. The SMILES string of the molecule is C[C@@H](CC(=O)Nc1ccc(F)cc1)NC[C@H]1CCCS1(=O)=O. The molecular formula is C15H21FN2O3S. The standard InChI is InChI=1S/C15H21FN2O3S/c1-11(17-10-14-3-2-8-22(14,20)21)9-15(19)18-13-6-4-12(16)5-7-13/h4-7,11,14,17H,2-3,8-10H2,1H3,(H,18,19)/t11-,14+/m0/s1. The zero-order chi connectivity index (χ0) is 16.2. The number of sulfone groups is 1. The van der Waals surface area contributed by atoms with Crippen LogP contribution in [-0.2, 0) is 14.6 Å². The van der Waals surface area contributed by atoms with E-state index in [1.165, 1.54) is 24.3 Å². The van der Waals surface area contributed by atoms with Crippen LogP contribution >= 0.6 is 0 Å². The molecule has 1 aliphatic rings. The molecule has 2 N–H and O–H groups in total. The largest absolute Gasteiger partial charge is 0.326 e. The Morgan fingerprint density at radius 3 is 2.64 bits per heavy atom. The smallest absolute Gasteiger partial charge is 0.225 e. The second-order valence-corrected chi connectivity index (χ2v) is 8.10. The van der Waals surface area contributed by atoms with Gasteiger partial charge in [0.1, 0.15) is 5.82 Å². The summed E-state index contributed by atoms with van der Waals surface area (Å²) in [5, 5.41) is 5.45.